The highest BCUT2D eigenvalue weighted by atomic mass is 16.6. The Hall–Kier alpha value is -4.01. The molecule has 1 fully saturated rings. The van der Waals surface area contributed by atoms with Crippen LogP contribution in [-0.2, 0) is 9.59 Å². The van der Waals surface area contributed by atoms with E-state index in [4.69, 9.17) is 14.6 Å². The monoisotopic (exact) mass is 509 g/mol. The van der Waals surface area contributed by atoms with E-state index in [2.05, 4.69) is 0 Å². The second kappa shape index (κ2) is 13.3. The second-order valence-corrected chi connectivity index (χ2v) is 9.06. The zero-order valence-electron chi connectivity index (χ0n) is 20.8. The molecule has 2 atom stereocenters. The van der Waals surface area contributed by atoms with Gasteiger partial charge in [0.05, 0.1) is 17.6 Å². The summed E-state index contributed by atoms with van der Waals surface area (Å²) in [6.45, 7) is 0. The molecule has 1 saturated carbocycles. The molecule has 3 rings (SSSR count). The van der Waals surface area contributed by atoms with E-state index in [9.17, 15) is 24.5 Å². The first kappa shape index (κ1) is 27.6. The number of carbonyl (C=O) groups is 3. The van der Waals surface area contributed by atoms with Crippen molar-refractivity contribution in [2.75, 3.05) is 7.11 Å². The molecule has 2 aromatic carbocycles. The molecule has 1 aliphatic carbocycles. The minimum atomic E-state index is -0.804. The Labute approximate surface area is 215 Å². The average molecular weight is 510 g/mol. The molecule has 1 aliphatic rings. The van der Waals surface area contributed by atoms with Gasteiger partial charge in [-0.3, -0.25) is 24.5 Å². The molecule has 196 valence electrons. The smallest absolute Gasteiger partial charge is 0.303 e. The van der Waals surface area contributed by atoms with Gasteiger partial charge in [-0.25, -0.2) is 0 Å². The number of ether oxygens (including phenoxy) is 2. The number of hydrogen-bond acceptors (Lipinski definition) is 7. The Kier molecular flexibility index (Phi) is 9.94. The number of Topliss-reactive ketones (excluding diaryl/α,β-unsaturated/α-hetero) is 1. The Morgan fingerprint density at radius 1 is 1.08 bits per heavy atom. The van der Waals surface area contributed by atoms with Crippen LogP contribution < -0.4 is 9.47 Å². The quantitative estimate of drug-likeness (QED) is 0.105. The number of benzene rings is 2. The van der Waals surface area contributed by atoms with Crippen LogP contribution in [0.1, 0.15) is 61.7 Å². The van der Waals surface area contributed by atoms with Gasteiger partial charge in [0.1, 0.15) is 23.0 Å². The first-order chi connectivity index (χ1) is 17.8. The highest BCUT2D eigenvalue weighted by Gasteiger charge is 2.32. The zero-order valence-corrected chi connectivity index (χ0v) is 20.8. The molecule has 9 nitrogen and oxygen atoms in total. The van der Waals surface area contributed by atoms with Crippen molar-refractivity contribution in [3.8, 4) is 17.2 Å². The number of aliphatic carboxylic acids is 1. The van der Waals surface area contributed by atoms with E-state index < -0.39 is 16.7 Å². The van der Waals surface area contributed by atoms with Crippen molar-refractivity contribution in [3.63, 3.8) is 0 Å². The predicted molar refractivity (Wildman–Crippen MR) is 136 cm³/mol. The van der Waals surface area contributed by atoms with Crippen LogP contribution in [0.5, 0.6) is 17.2 Å². The molecule has 0 amide bonds. The van der Waals surface area contributed by atoms with Crippen LogP contribution >= 0.6 is 0 Å². The van der Waals surface area contributed by atoms with Crippen molar-refractivity contribution < 1.29 is 33.9 Å². The summed E-state index contributed by atoms with van der Waals surface area (Å²) in [6.07, 6.45) is 8.15. The van der Waals surface area contributed by atoms with E-state index >= 15 is 0 Å². The fourth-order valence-corrected chi connectivity index (χ4v) is 4.52. The average Bonchev–Trinajstić information content (AvgIpc) is 3.24. The topological polar surface area (TPSA) is 133 Å². The lowest BCUT2D eigenvalue weighted by Gasteiger charge is -2.15. The molecule has 1 N–H and O–H groups in total. The fourth-order valence-electron chi connectivity index (χ4n) is 4.52. The second-order valence-electron chi connectivity index (χ2n) is 9.06. The number of ketones is 2. The Bertz CT molecular complexity index is 1160. The van der Waals surface area contributed by atoms with E-state index in [1.165, 1.54) is 24.3 Å². The Balaban J connectivity index is 1.69. The van der Waals surface area contributed by atoms with E-state index in [0.29, 0.717) is 37.2 Å². The van der Waals surface area contributed by atoms with Crippen LogP contribution in [0, 0.1) is 22.0 Å². The Morgan fingerprint density at radius 2 is 1.78 bits per heavy atom. The lowest BCUT2D eigenvalue weighted by Crippen LogP contribution is -2.13. The van der Waals surface area contributed by atoms with Gasteiger partial charge in [0.15, 0.2) is 5.78 Å². The maximum Gasteiger partial charge on any atom is 0.303 e. The third-order valence-electron chi connectivity index (χ3n) is 6.53. The van der Waals surface area contributed by atoms with Gasteiger partial charge in [-0.2, -0.15) is 0 Å². The van der Waals surface area contributed by atoms with Crippen LogP contribution in [0.15, 0.2) is 54.6 Å². The van der Waals surface area contributed by atoms with Gasteiger partial charge in [0.25, 0.3) is 5.69 Å². The van der Waals surface area contributed by atoms with E-state index in [1.807, 2.05) is 0 Å². The Morgan fingerprint density at radius 3 is 2.46 bits per heavy atom. The minimum Gasteiger partial charge on any atom is -0.497 e. The summed E-state index contributed by atoms with van der Waals surface area (Å²) in [7, 11) is 1.54. The molecule has 9 heteroatoms. The normalized spacial score (nSPS) is 17.2. The molecule has 2 aromatic rings. The molecule has 0 radical (unpaired) electrons. The first-order valence-corrected chi connectivity index (χ1v) is 12.4. The van der Waals surface area contributed by atoms with E-state index in [-0.39, 0.29) is 41.0 Å². The lowest BCUT2D eigenvalue weighted by molar-refractivity contribution is -0.384. The summed E-state index contributed by atoms with van der Waals surface area (Å²) < 4.78 is 11.0. The zero-order chi connectivity index (χ0) is 26.8. The number of nitro groups is 1. The van der Waals surface area contributed by atoms with Gasteiger partial charge in [-0.15, -0.1) is 0 Å². The molecular weight excluding hydrogens is 478 g/mol. The third kappa shape index (κ3) is 7.99. The van der Waals surface area contributed by atoms with Crippen LogP contribution in [0.25, 0.3) is 0 Å². The van der Waals surface area contributed by atoms with Gasteiger partial charge in [-0.1, -0.05) is 25.3 Å². The number of rotatable bonds is 14. The van der Waals surface area contributed by atoms with Crippen molar-refractivity contribution in [1.82, 2.24) is 0 Å². The van der Waals surface area contributed by atoms with Crippen LogP contribution in [0.3, 0.4) is 0 Å². The number of carbonyl (C=O) groups excluding carboxylic acids is 2. The largest absolute Gasteiger partial charge is 0.497 e. The highest BCUT2D eigenvalue weighted by Crippen LogP contribution is 2.35. The number of unbranched alkanes of at least 4 members (excludes halogenated alkanes) is 3. The maximum absolute atomic E-state index is 13.1. The number of carboxylic acid groups (broad SMARTS) is 1. The predicted octanol–water partition coefficient (Wildman–Crippen LogP) is 6.16. The summed E-state index contributed by atoms with van der Waals surface area (Å²) in [5.41, 5.74) is -0.170. The molecule has 0 aliphatic heterocycles. The van der Waals surface area contributed by atoms with E-state index in [0.717, 1.165) is 19.3 Å². The van der Waals surface area contributed by atoms with Crippen LogP contribution in [0.2, 0.25) is 0 Å². The van der Waals surface area contributed by atoms with Crippen molar-refractivity contribution in [2.24, 2.45) is 11.8 Å². The summed E-state index contributed by atoms with van der Waals surface area (Å²) in [5.74, 6) is -0.0732. The van der Waals surface area contributed by atoms with Crippen molar-refractivity contribution >= 4 is 23.2 Å². The number of hydrogen-bond donors (Lipinski definition) is 1. The van der Waals surface area contributed by atoms with Gasteiger partial charge < -0.3 is 14.6 Å². The number of carboxylic acids is 1. The third-order valence-corrected chi connectivity index (χ3v) is 6.53. The maximum atomic E-state index is 13.1. The molecule has 0 aromatic heterocycles. The molecule has 2 unspecified atom stereocenters. The molecule has 0 spiro atoms. The SMILES string of the molecule is COc1ccc(Oc2ccc([N+](=O)[O-])cc2C(=O)/C=C/C2CCC(=O)C2CCCCCCC(=O)O)cc1. The van der Waals surface area contributed by atoms with Gasteiger partial charge in [-0.05, 0) is 61.6 Å². The molecule has 0 heterocycles. The lowest BCUT2D eigenvalue weighted by atomic mass is 9.89. The number of nitrogens with zero attached hydrogens (tertiary/aromatic N) is 1. The van der Waals surface area contributed by atoms with Gasteiger partial charge >= 0.3 is 5.97 Å². The molecule has 0 saturated heterocycles. The summed E-state index contributed by atoms with van der Waals surface area (Å²) in [4.78, 5) is 46.9. The highest BCUT2D eigenvalue weighted by molar-refractivity contribution is 6.07. The summed E-state index contributed by atoms with van der Waals surface area (Å²) in [6, 6.07) is 10.6. The fraction of sp³-hybridized carbons (Fsp3) is 0.393. The molecule has 37 heavy (non-hydrogen) atoms. The van der Waals surface area contributed by atoms with Crippen LogP contribution in [-0.4, -0.2) is 34.7 Å². The van der Waals surface area contributed by atoms with Gasteiger partial charge in [0.2, 0.25) is 0 Å². The van der Waals surface area contributed by atoms with Gasteiger partial charge in [0, 0.05) is 30.9 Å². The number of non-ortho nitro benzene ring substituents is 1. The summed E-state index contributed by atoms with van der Waals surface area (Å²) >= 11 is 0. The minimum absolute atomic E-state index is 0.0561. The molecular formula is C28H31NO8. The number of allylic oxidation sites excluding steroid dienone is 2. The summed E-state index contributed by atoms with van der Waals surface area (Å²) in [5, 5.41) is 20.0. The van der Waals surface area contributed by atoms with Crippen molar-refractivity contribution in [3.05, 3.63) is 70.3 Å². The van der Waals surface area contributed by atoms with Crippen molar-refractivity contribution in [2.45, 2.75) is 51.4 Å². The van der Waals surface area contributed by atoms with E-state index in [1.54, 1.807) is 37.5 Å². The standard InChI is InChI=1S/C28H31NO8/c1-36-21-11-13-22(14-12-21)37-27-17-10-20(29(34)35)18-24(27)26(31)16-9-19-8-15-25(30)23(19)6-4-2-3-5-7-28(32)33/h9-14,16-19,23H,2-8,15H2,1H3,(H,32,33)/b16-9+. The number of methoxy groups -OCH3 is 1. The van der Waals surface area contributed by atoms with Crippen LogP contribution in [0.4, 0.5) is 5.69 Å². The van der Waals surface area contributed by atoms with Crippen molar-refractivity contribution in [1.29, 1.82) is 0 Å². The number of nitro benzene ring substituents is 1. The molecule has 0 bridgehead atoms. The first-order valence-electron chi connectivity index (χ1n) is 12.4.